The topological polar surface area (TPSA) is 72.0 Å². The summed E-state index contributed by atoms with van der Waals surface area (Å²) in [5, 5.41) is 6.04. The average Bonchev–Trinajstić information content (AvgIpc) is 2.34. The molecule has 0 aromatic carbocycles. The summed E-state index contributed by atoms with van der Waals surface area (Å²) in [5.41, 5.74) is 0. The summed E-state index contributed by atoms with van der Waals surface area (Å²) in [6, 6.07) is 0.315. The van der Waals surface area contributed by atoms with Crippen molar-refractivity contribution in [3.8, 4) is 6.01 Å². The van der Waals surface area contributed by atoms with Crippen LogP contribution in [0.15, 0.2) is 0 Å². The number of rotatable bonds is 7. The van der Waals surface area contributed by atoms with Gasteiger partial charge in [0, 0.05) is 13.6 Å². The minimum atomic E-state index is 0.315. The highest BCUT2D eigenvalue weighted by Gasteiger charge is 2.04. The first-order valence-electron chi connectivity index (χ1n) is 5.87. The van der Waals surface area contributed by atoms with Gasteiger partial charge in [0.2, 0.25) is 11.9 Å². The smallest absolute Gasteiger partial charge is 0.322 e. The molecule has 0 fully saturated rings. The predicted octanol–water partition coefficient (Wildman–Crippen LogP) is 1.77. The summed E-state index contributed by atoms with van der Waals surface area (Å²) in [6.07, 6.45) is 2.29. The van der Waals surface area contributed by atoms with Gasteiger partial charge in [0.15, 0.2) is 0 Å². The zero-order chi connectivity index (χ0) is 12.7. The van der Waals surface area contributed by atoms with Gasteiger partial charge in [0.25, 0.3) is 0 Å². The number of ether oxygens (including phenoxy) is 1. The average molecular weight is 239 g/mol. The van der Waals surface area contributed by atoms with Gasteiger partial charge in [-0.05, 0) is 18.8 Å². The summed E-state index contributed by atoms with van der Waals surface area (Å²) >= 11 is 0. The van der Waals surface area contributed by atoms with Gasteiger partial charge < -0.3 is 15.4 Å². The molecule has 17 heavy (non-hydrogen) atoms. The van der Waals surface area contributed by atoms with Crippen LogP contribution in [0, 0.1) is 5.92 Å². The van der Waals surface area contributed by atoms with Gasteiger partial charge in [-0.25, -0.2) is 0 Å². The molecule has 1 aromatic heterocycles. The lowest BCUT2D eigenvalue weighted by Gasteiger charge is -2.08. The van der Waals surface area contributed by atoms with Crippen molar-refractivity contribution in [1.82, 2.24) is 15.0 Å². The molecule has 6 nitrogen and oxygen atoms in total. The van der Waals surface area contributed by atoms with Crippen LogP contribution in [0.1, 0.15) is 26.7 Å². The monoisotopic (exact) mass is 239 g/mol. The van der Waals surface area contributed by atoms with Crippen molar-refractivity contribution in [2.45, 2.75) is 26.7 Å². The molecular weight excluding hydrogens is 218 g/mol. The minimum Gasteiger partial charge on any atom is -0.467 e. The zero-order valence-corrected chi connectivity index (χ0v) is 10.9. The van der Waals surface area contributed by atoms with Crippen LogP contribution in [0.2, 0.25) is 0 Å². The largest absolute Gasteiger partial charge is 0.467 e. The number of nitrogens with one attached hydrogen (secondary N) is 2. The van der Waals surface area contributed by atoms with Crippen LogP contribution in [0.4, 0.5) is 11.9 Å². The lowest BCUT2D eigenvalue weighted by Crippen LogP contribution is -2.10. The van der Waals surface area contributed by atoms with Gasteiger partial charge in [-0.2, -0.15) is 15.0 Å². The van der Waals surface area contributed by atoms with Gasteiger partial charge in [0.05, 0.1) is 7.11 Å². The molecular formula is C11H21N5O. The van der Waals surface area contributed by atoms with Crippen molar-refractivity contribution in [1.29, 1.82) is 0 Å². The van der Waals surface area contributed by atoms with Crippen LogP contribution in [0.25, 0.3) is 0 Å². The fourth-order valence-electron chi connectivity index (χ4n) is 1.35. The van der Waals surface area contributed by atoms with Crippen LogP contribution in [0.3, 0.4) is 0 Å². The van der Waals surface area contributed by atoms with Crippen molar-refractivity contribution >= 4 is 11.9 Å². The first-order chi connectivity index (χ1) is 8.15. The Labute approximate surface area is 102 Å². The zero-order valence-electron chi connectivity index (χ0n) is 10.9. The van der Waals surface area contributed by atoms with Crippen molar-refractivity contribution in [2.24, 2.45) is 5.92 Å². The summed E-state index contributed by atoms with van der Waals surface area (Å²) in [5.74, 6) is 1.77. The Kier molecular flexibility index (Phi) is 5.45. The van der Waals surface area contributed by atoms with Gasteiger partial charge in [-0.1, -0.05) is 13.8 Å². The molecule has 0 atom stereocenters. The molecule has 0 saturated heterocycles. The van der Waals surface area contributed by atoms with E-state index >= 15 is 0 Å². The Morgan fingerprint density at radius 1 is 1.18 bits per heavy atom. The minimum absolute atomic E-state index is 0.315. The molecule has 0 unspecified atom stereocenters. The molecule has 1 heterocycles. The highest BCUT2D eigenvalue weighted by molar-refractivity contribution is 5.35. The molecule has 6 heteroatoms. The normalized spacial score (nSPS) is 10.4. The highest BCUT2D eigenvalue weighted by atomic mass is 16.5. The van der Waals surface area contributed by atoms with Crippen LogP contribution in [0.5, 0.6) is 6.01 Å². The molecule has 0 aliphatic rings. The van der Waals surface area contributed by atoms with E-state index in [1.165, 1.54) is 13.5 Å². The summed E-state index contributed by atoms with van der Waals surface area (Å²) < 4.78 is 5.00. The number of aromatic nitrogens is 3. The maximum Gasteiger partial charge on any atom is 0.322 e. The molecule has 1 rings (SSSR count). The van der Waals surface area contributed by atoms with E-state index in [1.807, 2.05) is 0 Å². The number of nitrogens with zero attached hydrogens (tertiary/aromatic N) is 3. The third-order valence-electron chi connectivity index (χ3n) is 2.26. The standard InChI is InChI=1S/C11H21N5O/c1-8(2)6-5-7-13-10-14-9(12-3)15-11(16-10)17-4/h8H,5-7H2,1-4H3,(H2,12,13,14,15,16). The Bertz CT molecular complexity index is 320. The number of anilines is 2. The third kappa shape index (κ3) is 4.84. The number of methoxy groups -OCH3 is 1. The molecule has 1 aromatic rings. The Hall–Kier alpha value is -1.59. The summed E-state index contributed by atoms with van der Waals surface area (Å²) in [4.78, 5) is 12.3. The van der Waals surface area contributed by atoms with E-state index in [0.29, 0.717) is 17.9 Å². The molecule has 0 amide bonds. The van der Waals surface area contributed by atoms with Crippen molar-refractivity contribution in [2.75, 3.05) is 31.3 Å². The molecule has 0 bridgehead atoms. The first kappa shape index (κ1) is 13.5. The fraction of sp³-hybridized carbons (Fsp3) is 0.727. The van der Waals surface area contributed by atoms with Gasteiger partial charge in [-0.3, -0.25) is 0 Å². The number of hydrogen-bond acceptors (Lipinski definition) is 6. The Morgan fingerprint density at radius 3 is 2.47 bits per heavy atom. The van der Waals surface area contributed by atoms with E-state index < -0.39 is 0 Å². The Morgan fingerprint density at radius 2 is 1.88 bits per heavy atom. The van der Waals surface area contributed by atoms with Crippen LogP contribution in [-0.2, 0) is 0 Å². The van der Waals surface area contributed by atoms with E-state index in [1.54, 1.807) is 7.05 Å². The van der Waals surface area contributed by atoms with Crippen LogP contribution >= 0.6 is 0 Å². The lowest BCUT2D eigenvalue weighted by atomic mass is 10.1. The second kappa shape index (κ2) is 6.88. The predicted molar refractivity (Wildman–Crippen MR) is 68.5 cm³/mol. The van der Waals surface area contributed by atoms with E-state index in [9.17, 15) is 0 Å². The maximum atomic E-state index is 5.00. The second-order valence-corrected chi connectivity index (χ2v) is 4.18. The van der Waals surface area contributed by atoms with E-state index in [4.69, 9.17) is 4.74 Å². The van der Waals surface area contributed by atoms with E-state index in [-0.39, 0.29) is 0 Å². The van der Waals surface area contributed by atoms with Gasteiger partial charge >= 0.3 is 6.01 Å². The molecule has 96 valence electrons. The SMILES string of the molecule is CNc1nc(NCCCC(C)C)nc(OC)n1. The third-order valence-corrected chi connectivity index (χ3v) is 2.26. The highest BCUT2D eigenvalue weighted by Crippen LogP contribution is 2.10. The van der Waals surface area contributed by atoms with E-state index in [0.717, 1.165) is 18.9 Å². The second-order valence-electron chi connectivity index (χ2n) is 4.18. The fourth-order valence-corrected chi connectivity index (χ4v) is 1.35. The maximum absolute atomic E-state index is 5.00. The van der Waals surface area contributed by atoms with Crippen molar-refractivity contribution in [3.63, 3.8) is 0 Å². The Balaban J connectivity index is 2.51. The number of hydrogen-bond donors (Lipinski definition) is 2. The molecule has 0 saturated carbocycles. The lowest BCUT2D eigenvalue weighted by molar-refractivity contribution is 0.379. The summed E-state index contributed by atoms with van der Waals surface area (Å²) in [6.45, 7) is 5.28. The van der Waals surface area contributed by atoms with Crippen molar-refractivity contribution < 1.29 is 4.74 Å². The molecule has 2 N–H and O–H groups in total. The van der Waals surface area contributed by atoms with Crippen LogP contribution in [-0.4, -0.2) is 35.7 Å². The van der Waals surface area contributed by atoms with Gasteiger partial charge in [-0.15, -0.1) is 0 Å². The molecule has 0 aliphatic carbocycles. The summed E-state index contributed by atoms with van der Waals surface area (Å²) in [7, 11) is 3.30. The molecule has 0 aliphatic heterocycles. The quantitative estimate of drug-likeness (QED) is 0.707. The molecule has 0 radical (unpaired) electrons. The van der Waals surface area contributed by atoms with Crippen LogP contribution < -0.4 is 15.4 Å². The van der Waals surface area contributed by atoms with Crippen molar-refractivity contribution in [3.05, 3.63) is 0 Å². The van der Waals surface area contributed by atoms with E-state index in [2.05, 4.69) is 39.4 Å². The first-order valence-corrected chi connectivity index (χ1v) is 5.87. The molecule has 0 spiro atoms. The van der Waals surface area contributed by atoms with Gasteiger partial charge in [0.1, 0.15) is 0 Å².